The number of hydrogen-bond donors (Lipinski definition) is 0. The van der Waals surface area contributed by atoms with Gasteiger partial charge in [0, 0.05) is 17.2 Å². The van der Waals surface area contributed by atoms with Gasteiger partial charge >= 0.3 is 0 Å². The zero-order valence-corrected chi connectivity index (χ0v) is 11.5. The number of fused-ring (bicyclic) bond motifs is 3. The van der Waals surface area contributed by atoms with Gasteiger partial charge in [0.25, 0.3) is 0 Å². The van der Waals surface area contributed by atoms with Crippen molar-refractivity contribution in [2.75, 3.05) is 0 Å². The number of hydrogen-bond acceptors (Lipinski definition) is 1. The Morgan fingerprint density at radius 2 is 1.78 bits per heavy atom. The Kier molecular flexibility index (Phi) is 2.34. The van der Waals surface area contributed by atoms with Gasteiger partial charge in [-0.25, -0.2) is 0 Å². The normalized spacial score (nSPS) is 21.6. The zero-order valence-electron chi connectivity index (χ0n) is 11.5. The Hall–Kier alpha value is -1.63. The van der Waals surface area contributed by atoms with Crippen LogP contribution in [0, 0.1) is 0 Å². The van der Waals surface area contributed by atoms with E-state index in [-0.39, 0.29) is 5.54 Å². The highest BCUT2D eigenvalue weighted by Crippen LogP contribution is 2.40. The molecule has 1 heterocycles. The van der Waals surface area contributed by atoms with Crippen LogP contribution in [0.4, 0.5) is 0 Å². The monoisotopic (exact) mass is 237 g/mol. The SMILES string of the molecule is CC1=NC(C)(C)C(C)c2ccc3ccccc3c21. The van der Waals surface area contributed by atoms with Crippen molar-refractivity contribution in [1.29, 1.82) is 0 Å². The van der Waals surface area contributed by atoms with Gasteiger partial charge in [-0.1, -0.05) is 43.3 Å². The van der Waals surface area contributed by atoms with E-state index >= 15 is 0 Å². The molecule has 0 saturated heterocycles. The van der Waals surface area contributed by atoms with Gasteiger partial charge in [0.15, 0.2) is 0 Å². The fourth-order valence-electron chi connectivity index (χ4n) is 3.02. The van der Waals surface area contributed by atoms with Crippen molar-refractivity contribution < 1.29 is 0 Å². The molecule has 0 bridgehead atoms. The maximum atomic E-state index is 4.90. The fraction of sp³-hybridized carbons (Fsp3) is 0.353. The quantitative estimate of drug-likeness (QED) is 0.637. The summed E-state index contributed by atoms with van der Waals surface area (Å²) in [7, 11) is 0. The Bertz CT molecular complexity index is 650. The van der Waals surface area contributed by atoms with E-state index in [4.69, 9.17) is 4.99 Å². The molecule has 0 radical (unpaired) electrons. The number of benzene rings is 2. The van der Waals surface area contributed by atoms with Crippen molar-refractivity contribution in [1.82, 2.24) is 0 Å². The van der Waals surface area contributed by atoms with Crippen LogP contribution < -0.4 is 0 Å². The molecule has 18 heavy (non-hydrogen) atoms. The van der Waals surface area contributed by atoms with Crippen LogP contribution in [-0.2, 0) is 0 Å². The number of rotatable bonds is 0. The lowest BCUT2D eigenvalue weighted by Gasteiger charge is -2.35. The Labute approximate surface area is 109 Å². The zero-order chi connectivity index (χ0) is 12.9. The van der Waals surface area contributed by atoms with Crippen LogP contribution in [0.5, 0.6) is 0 Å². The van der Waals surface area contributed by atoms with E-state index in [2.05, 4.69) is 64.1 Å². The highest BCUT2D eigenvalue weighted by molar-refractivity contribution is 6.12. The van der Waals surface area contributed by atoms with E-state index in [1.807, 2.05) is 0 Å². The van der Waals surface area contributed by atoms with Crippen molar-refractivity contribution in [3.63, 3.8) is 0 Å². The minimum Gasteiger partial charge on any atom is -0.283 e. The molecule has 0 aliphatic carbocycles. The number of nitrogens with zero attached hydrogens (tertiary/aromatic N) is 1. The van der Waals surface area contributed by atoms with E-state index in [0.717, 1.165) is 0 Å². The van der Waals surface area contributed by atoms with E-state index < -0.39 is 0 Å². The molecule has 1 unspecified atom stereocenters. The molecule has 0 N–H and O–H groups in total. The Balaban J connectivity index is 2.39. The van der Waals surface area contributed by atoms with Crippen LogP contribution in [0.2, 0.25) is 0 Å². The predicted octanol–water partition coefficient (Wildman–Crippen LogP) is 4.54. The van der Waals surface area contributed by atoms with E-state index in [9.17, 15) is 0 Å². The van der Waals surface area contributed by atoms with Crippen molar-refractivity contribution in [3.8, 4) is 0 Å². The Morgan fingerprint density at radius 1 is 1.06 bits per heavy atom. The van der Waals surface area contributed by atoms with Crippen LogP contribution in [0.1, 0.15) is 44.7 Å². The van der Waals surface area contributed by atoms with Crippen molar-refractivity contribution in [3.05, 3.63) is 47.5 Å². The summed E-state index contributed by atoms with van der Waals surface area (Å²) in [5, 5.41) is 2.64. The van der Waals surface area contributed by atoms with Gasteiger partial charge in [0.05, 0.1) is 5.54 Å². The molecule has 0 saturated carbocycles. The fourth-order valence-corrected chi connectivity index (χ4v) is 3.02. The van der Waals surface area contributed by atoms with Gasteiger partial charge in [-0.3, -0.25) is 4.99 Å². The standard InChI is InChI=1S/C17H19N/c1-11-14-10-9-13-7-5-6-8-15(13)16(14)12(2)18-17(11,3)4/h5-11H,1-4H3. The van der Waals surface area contributed by atoms with E-state index in [0.29, 0.717) is 5.92 Å². The third-order valence-corrected chi connectivity index (χ3v) is 4.31. The summed E-state index contributed by atoms with van der Waals surface area (Å²) in [4.78, 5) is 4.90. The molecule has 0 spiro atoms. The van der Waals surface area contributed by atoms with Gasteiger partial charge in [-0.05, 0) is 37.1 Å². The second kappa shape index (κ2) is 3.68. The molecular weight excluding hydrogens is 218 g/mol. The molecule has 0 fully saturated rings. The molecule has 1 nitrogen and oxygen atoms in total. The summed E-state index contributed by atoms with van der Waals surface area (Å²) >= 11 is 0. The van der Waals surface area contributed by atoms with Crippen molar-refractivity contribution >= 4 is 16.5 Å². The maximum Gasteiger partial charge on any atom is 0.0621 e. The molecule has 1 aliphatic heterocycles. The van der Waals surface area contributed by atoms with E-state index in [1.165, 1.54) is 27.6 Å². The summed E-state index contributed by atoms with van der Waals surface area (Å²) in [6, 6.07) is 13.1. The summed E-state index contributed by atoms with van der Waals surface area (Å²) < 4.78 is 0. The van der Waals surface area contributed by atoms with E-state index in [1.54, 1.807) is 0 Å². The molecule has 2 aromatic carbocycles. The molecule has 1 atom stereocenters. The average Bonchev–Trinajstić information content (AvgIpc) is 2.34. The molecule has 1 heteroatoms. The third-order valence-electron chi connectivity index (χ3n) is 4.31. The Morgan fingerprint density at radius 3 is 2.56 bits per heavy atom. The lowest BCUT2D eigenvalue weighted by atomic mass is 9.77. The minimum absolute atomic E-state index is 0.000456. The van der Waals surface area contributed by atoms with Gasteiger partial charge in [-0.2, -0.15) is 0 Å². The van der Waals surface area contributed by atoms with Crippen molar-refractivity contribution in [2.24, 2.45) is 4.99 Å². The van der Waals surface area contributed by atoms with Crippen LogP contribution in [-0.4, -0.2) is 11.3 Å². The van der Waals surface area contributed by atoms with Crippen LogP contribution in [0.15, 0.2) is 41.4 Å². The first-order valence-corrected chi connectivity index (χ1v) is 6.59. The topological polar surface area (TPSA) is 12.4 Å². The summed E-state index contributed by atoms with van der Waals surface area (Å²) in [6.07, 6.45) is 0. The average molecular weight is 237 g/mol. The first-order valence-electron chi connectivity index (χ1n) is 6.59. The second-order valence-corrected chi connectivity index (χ2v) is 5.82. The highest BCUT2D eigenvalue weighted by atomic mass is 14.9. The third kappa shape index (κ3) is 1.50. The summed E-state index contributed by atoms with van der Waals surface area (Å²) in [6.45, 7) is 8.86. The van der Waals surface area contributed by atoms with Gasteiger partial charge in [-0.15, -0.1) is 0 Å². The molecule has 0 aromatic heterocycles. The van der Waals surface area contributed by atoms with Gasteiger partial charge < -0.3 is 0 Å². The van der Waals surface area contributed by atoms with Crippen LogP contribution in [0.3, 0.4) is 0 Å². The number of aliphatic imine (C=N–C) groups is 1. The largest absolute Gasteiger partial charge is 0.283 e. The minimum atomic E-state index is -0.000456. The first kappa shape index (κ1) is 11.5. The molecular formula is C17H19N. The lowest BCUT2D eigenvalue weighted by Crippen LogP contribution is -2.31. The summed E-state index contributed by atoms with van der Waals surface area (Å²) in [5.74, 6) is 0.459. The molecule has 92 valence electrons. The molecule has 1 aliphatic rings. The predicted molar refractivity (Wildman–Crippen MR) is 78.7 cm³/mol. The lowest BCUT2D eigenvalue weighted by molar-refractivity contribution is 0.432. The van der Waals surface area contributed by atoms with Crippen LogP contribution >= 0.6 is 0 Å². The summed E-state index contributed by atoms with van der Waals surface area (Å²) in [5.41, 5.74) is 3.95. The first-order chi connectivity index (χ1) is 8.50. The molecule has 0 amide bonds. The smallest absolute Gasteiger partial charge is 0.0621 e. The second-order valence-electron chi connectivity index (χ2n) is 5.82. The van der Waals surface area contributed by atoms with Crippen LogP contribution in [0.25, 0.3) is 10.8 Å². The van der Waals surface area contributed by atoms with Crippen molar-refractivity contribution in [2.45, 2.75) is 39.2 Å². The highest BCUT2D eigenvalue weighted by Gasteiger charge is 2.33. The maximum absolute atomic E-state index is 4.90. The van der Waals surface area contributed by atoms with Gasteiger partial charge in [0.2, 0.25) is 0 Å². The molecule has 3 rings (SSSR count). The van der Waals surface area contributed by atoms with Gasteiger partial charge in [0.1, 0.15) is 0 Å². The molecule has 2 aromatic rings.